The van der Waals surface area contributed by atoms with Crippen LogP contribution in [0, 0.1) is 10.1 Å². The van der Waals surface area contributed by atoms with E-state index in [1.165, 1.54) is 12.1 Å². The zero-order valence-corrected chi connectivity index (χ0v) is 11.0. The molecule has 0 atom stereocenters. The van der Waals surface area contributed by atoms with Crippen molar-refractivity contribution in [2.45, 2.75) is 13.0 Å². The molecule has 0 spiro atoms. The van der Waals surface area contributed by atoms with Crippen LogP contribution < -0.4 is 10.6 Å². The Bertz CT molecular complexity index is 570. The molecule has 0 aliphatic heterocycles. The number of nitrogens with zero attached hydrogens (tertiary/aromatic N) is 5. The summed E-state index contributed by atoms with van der Waals surface area (Å²) in [5, 5.41) is 24.2. The first-order chi connectivity index (χ1) is 9.69. The maximum absolute atomic E-state index is 10.8. The second kappa shape index (κ2) is 6.45. The van der Waals surface area contributed by atoms with Gasteiger partial charge in [-0.1, -0.05) is 5.21 Å². The number of aromatic nitrogens is 4. The molecule has 0 fully saturated rings. The maximum atomic E-state index is 10.8. The van der Waals surface area contributed by atoms with Gasteiger partial charge in [-0.25, -0.2) is 4.98 Å². The van der Waals surface area contributed by atoms with Crippen molar-refractivity contribution in [1.29, 1.82) is 0 Å². The summed E-state index contributed by atoms with van der Waals surface area (Å²) in [6, 6.07) is 2.80. The van der Waals surface area contributed by atoms with Gasteiger partial charge in [0.15, 0.2) is 0 Å². The van der Waals surface area contributed by atoms with Crippen LogP contribution in [0.4, 0.5) is 17.3 Å². The lowest BCUT2D eigenvalue weighted by atomic mass is 10.3. The number of hydrogen-bond donors (Lipinski definition) is 2. The molecular formula is C11H15N7O2. The first-order valence-electron chi connectivity index (χ1n) is 6.11. The fraction of sp³-hybridized carbons (Fsp3) is 0.364. The molecule has 2 rings (SSSR count). The number of nitrogens with one attached hydrogen (secondary N) is 2. The highest BCUT2D eigenvalue weighted by atomic mass is 16.6. The van der Waals surface area contributed by atoms with E-state index < -0.39 is 4.92 Å². The van der Waals surface area contributed by atoms with E-state index in [0.717, 1.165) is 13.0 Å². The molecule has 0 amide bonds. The molecule has 0 saturated heterocycles. The lowest BCUT2D eigenvalue weighted by Gasteiger charge is -2.07. The van der Waals surface area contributed by atoms with Crippen molar-refractivity contribution in [3.05, 3.63) is 34.6 Å². The Morgan fingerprint density at radius 2 is 2.20 bits per heavy atom. The molecule has 0 radical (unpaired) electrons. The van der Waals surface area contributed by atoms with Crippen molar-refractivity contribution >= 4 is 17.3 Å². The number of rotatable bonds is 7. The van der Waals surface area contributed by atoms with Gasteiger partial charge in [-0.05, 0) is 6.42 Å². The monoisotopic (exact) mass is 277 g/mol. The third-order valence-electron chi connectivity index (χ3n) is 2.62. The molecule has 2 aromatic heterocycles. The molecule has 9 heteroatoms. The van der Waals surface area contributed by atoms with Gasteiger partial charge in [-0.2, -0.15) is 0 Å². The summed E-state index contributed by atoms with van der Waals surface area (Å²) in [5.41, 5.74) is 0.00289. The summed E-state index contributed by atoms with van der Waals surface area (Å²) < 4.78 is 1.72. The second-order valence-electron chi connectivity index (χ2n) is 4.05. The van der Waals surface area contributed by atoms with E-state index in [1.807, 2.05) is 0 Å². The van der Waals surface area contributed by atoms with Crippen molar-refractivity contribution in [3.63, 3.8) is 0 Å². The number of hydrogen-bond acceptors (Lipinski definition) is 7. The minimum absolute atomic E-state index is 0.00289. The van der Waals surface area contributed by atoms with Gasteiger partial charge in [0.2, 0.25) is 0 Å². The van der Waals surface area contributed by atoms with E-state index in [0.29, 0.717) is 18.2 Å². The summed E-state index contributed by atoms with van der Waals surface area (Å²) in [6.45, 7) is 1.36. The van der Waals surface area contributed by atoms with E-state index >= 15 is 0 Å². The van der Waals surface area contributed by atoms with Crippen molar-refractivity contribution in [3.8, 4) is 0 Å². The van der Waals surface area contributed by atoms with Gasteiger partial charge in [-0.15, -0.1) is 5.10 Å². The zero-order chi connectivity index (χ0) is 14.4. The molecule has 0 aliphatic rings. The standard InChI is InChI=1S/C11H15N7O2/c1-12-10-7-9(18(19)20)8-11(15-10)13-3-2-5-17-6-4-14-16-17/h4,6-8H,2-3,5H2,1H3,(H2,12,13,15). The molecule has 2 heterocycles. The smallest absolute Gasteiger partial charge is 0.276 e. The predicted molar refractivity (Wildman–Crippen MR) is 73.6 cm³/mol. The Labute approximate surface area is 115 Å². The molecule has 106 valence electrons. The van der Waals surface area contributed by atoms with Gasteiger partial charge in [0, 0.05) is 26.3 Å². The summed E-state index contributed by atoms with van der Waals surface area (Å²) in [5.74, 6) is 0.931. The van der Waals surface area contributed by atoms with Crippen molar-refractivity contribution in [1.82, 2.24) is 20.0 Å². The zero-order valence-electron chi connectivity index (χ0n) is 11.0. The lowest BCUT2D eigenvalue weighted by Crippen LogP contribution is -2.09. The highest BCUT2D eigenvalue weighted by Gasteiger charge is 2.10. The average molecular weight is 277 g/mol. The minimum Gasteiger partial charge on any atom is -0.373 e. The number of aryl methyl sites for hydroxylation is 1. The topological polar surface area (TPSA) is 111 Å². The number of pyridine rings is 1. The largest absolute Gasteiger partial charge is 0.373 e. The molecule has 2 N–H and O–H groups in total. The quantitative estimate of drug-likeness (QED) is 0.443. The third kappa shape index (κ3) is 3.64. The summed E-state index contributed by atoms with van der Waals surface area (Å²) in [6.07, 6.45) is 4.21. The maximum Gasteiger partial charge on any atom is 0.276 e. The summed E-state index contributed by atoms with van der Waals surface area (Å²) >= 11 is 0. The Hall–Kier alpha value is -2.71. The Kier molecular flexibility index (Phi) is 4.43. The van der Waals surface area contributed by atoms with Crippen LogP contribution in [-0.4, -0.2) is 38.5 Å². The van der Waals surface area contributed by atoms with Crippen LogP contribution in [0.15, 0.2) is 24.5 Å². The molecule has 20 heavy (non-hydrogen) atoms. The first-order valence-corrected chi connectivity index (χ1v) is 6.11. The summed E-state index contributed by atoms with van der Waals surface area (Å²) in [4.78, 5) is 14.6. The van der Waals surface area contributed by atoms with Gasteiger partial charge >= 0.3 is 0 Å². The van der Waals surface area contributed by atoms with E-state index in [1.54, 1.807) is 24.1 Å². The molecule has 2 aromatic rings. The van der Waals surface area contributed by atoms with Crippen LogP contribution in [0.25, 0.3) is 0 Å². The van der Waals surface area contributed by atoms with Crippen LogP contribution in [-0.2, 0) is 6.54 Å². The SMILES string of the molecule is CNc1cc([N+](=O)[O-])cc(NCCCn2ccnn2)n1. The highest BCUT2D eigenvalue weighted by molar-refractivity contribution is 5.54. The molecule has 0 saturated carbocycles. The molecule has 0 aromatic carbocycles. The average Bonchev–Trinajstić information content (AvgIpc) is 2.96. The Balaban J connectivity index is 1.91. The van der Waals surface area contributed by atoms with Gasteiger partial charge < -0.3 is 10.6 Å². The fourth-order valence-corrected chi connectivity index (χ4v) is 1.65. The Morgan fingerprint density at radius 3 is 2.85 bits per heavy atom. The first kappa shape index (κ1) is 13.7. The van der Waals surface area contributed by atoms with E-state index in [-0.39, 0.29) is 5.69 Å². The Morgan fingerprint density at radius 1 is 1.40 bits per heavy atom. The number of anilines is 2. The van der Waals surface area contributed by atoms with E-state index in [9.17, 15) is 10.1 Å². The molecular weight excluding hydrogens is 262 g/mol. The van der Waals surface area contributed by atoms with E-state index in [4.69, 9.17) is 0 Å². The lowest BCUT2D eigenvalue weighted by molar-refractivity contribution is -0.384. The second-order valence-corrected chi connectivity index (χ2v) is 4.05. The highest BCUT2D eigenvalue weighted by Crippen LogP contribution is 2.20. The number of nitro groups is 1. The summed E-state index contributed by atoms with van der Waals surface area (Å²) in [7, 11) is 1.67. The van der Waals surface area contributed by atoms with Crippen LogP contribution in [0.3, 0.4) is 0 Å². The van der Waals surface area contributed by atoms with Gasteiger partial charge in [0.25, 0.3) is 5.69 Å². The van der Waals surface area contributed by atoms with Crippen molar-refractivity contribution in [2.24, 2.45) is 0 Å². The minimum atomic E-state index is -0.441. The van der Waals surface area contributed by atoms with Gasteiger partial charge in [0.1, 0.15) is 11.6 Å². The predicted octanol–water partition coefficient (Wildman–Crippen LogP) is 1.13. The normalized spacial score (nSPS) is 10.2. The molecule has 0 aliphatic carbocycles. The van der Waals surface area contributed by atoms with Gasteiger partial charge in [0.05, 0.1) is 23.3 Å². The van der Waals surface area contributed by atoms with Crippen molar-refractivity contribution in [2.75, 3.05) is 24.2 Å². The molecule has 0 bridgehead atoms. The fourth-order valence-electron chi connectivity index (χ4n) is 1.65. The van der Waals surface area contributed by atoms with Crippen LogP contribution in [0.5, 0.6) is 0 Å². The molecule has 9 nitrogen and oxygen atoms in total. The molecule has 0 unspecified atom stereocenters. The van der Waals surface area contributed by atoms with E-state index in [2.05, 4.69) is 25.9 Å². The van der Waals surface area contributed by atoms with Crippen molar-refractivity contribution < 1.29 is 4.92 Å². The third-order valence-corrected chi connectivity index (χ3v) is 2.62. The van der Waals surface area contributed by atoms with Crippen LogP contribution >= 0.6 is 0 Å². The van der Waals surface area contributed by atoms with Crippen LogP contribution in [0.2, 0.25) is 0 Å². The van der Waals surface area contributed by atoms with Gasteiger partial charge in [-0.3, -0.25) is 14.8 Å². The van der Waals surface area contributed by atoms with Crippen LogP contribution in [0.1, 0.15) is 6.42 Å².